The summed E-state index contributed by atoms with van der Waals surface area (Å²) in [5.74, 6) is 2.02. The Morgan fingerprint density at radius 1 is 0.833 bits per heavy atom. The molecule has 0 radical (unpaired) electrons. The molecule has 1 aromatic heterocycles. The van der Waals surface area contributed by atoms with Crippen molar-refractivity contribution in [1.82, 2.24) is 9.55 Å². The van der Waals surface area contributed by atoms with E-state index in [0.29, 0.717) is 5.92 Å². The second kappa shape index (κ2) is 9.13. The molecular formula is C28H30N2. The molecule has 0 saturated carbocycles. The smallest absolute Gasteiger partial charge is 0.117 e. The van der Waals surface area contributed by atoms with Crippen LogP contribution in [0.25, 0.3) is 17.1 Å². The molecule has 3 aromatic carbocycles. The van der Waals surface area contributed by atoms with Crippen molar-refractivity contribution >= 4 is 17.1 Å². The van der Waals surface area contributed by atoms with Crippen LogP contribution in [-0.2, 0) is 13.0 Å². The van der Waals surface area contributed by atoms with E-state index in [4.69, 9.17) is 4.98 Å². The molecular weight excluding hydrogens is 364 g/mol. The molecule has 1 heterocycles. The summed E-state index contributed by atoms with van der Waals surface area (Å²) < 4.78 is 2.35. The predicted molar refractivity (Wildman–Crippen MR) is 128 cm³/mol. The second-order valence-corrected chi connectivity index (χ2v) is 8.44. The predicted octanol–water partition coefficient (Wildman–Crippen LogP) is 7.10. The molecule has 0 fully saturated rings. The van der Waals surface area contributed by atoms with Gasteiger partial charge in [-0.3, -0.25) is 0 Å². The summed E-state index contributed by atoms with van der Waals surface area (Å²) in [5, 5.41) is 0. The lowest BCUT2D eigenvalue weighted by molar-refractivity contribution is 0.646. The lowest BCUT2D eigenvalue weighted by Gasteiger charge is -2.15. The van der Waals surface area contributed by atoms with E-state index in [9.17, 15) is 0 Å². The summed E-state index contributed by atoms with van der Waals surface area (Å²) in [7, 11) is 0. The topological polar surface area (TPSA) is 17.8 Å². The standard InChI is InChI=1S/C28H30N2/c1-21(2)20-24-15-17-25(18-16-24)22(3)28-29-26-13-7-8-14-27(26)30(28)19-9-12-23-10-5-4-6-11-23/h4-18,21-22H,19-20H2,1-3H3/b12-9-/t22-/m0/s1. The zero-order chi connectivity index (χ0) is 20.9. The lowest BCUT2D eigenvalue weighted by Crippen LogP contribution is -2.08. The van der Waals surface area contributed by atoms with Crippen LogP contribution in [0.1, 0.15) is 49.2 Å². The minimum atomic E-state index is 0.232. The molecule has 0 saturated heterocycles. The average molecular weight is 395 g/mol. The van der Waals surface area contributed by atoms with Crippen molar-refractivity contribution in [1.29, 1.82) is 0 Å². The Balaban J connectivity index is 1.64. The molecule has 0 bridgehead atoms. The number of hydrogen-bond acceptors (Lipinski definition) is 1. The van der Waals surface area contributed by atoms with Gasteiger partial charge in [0.25, 0.3) is 0 Å². The van der Waals surface area contributed by atoms with Gasteiger partial charge < -0.3 is 4.57 Å². The number of fused-ring (bicyclic) bond motifs is 1. The van der Waals surface area contributed by atoms with Crippen molar-refractivity contribution in [2.75, 3.05) is 0 Å². The largest absolute Gasteiger partial charge is 0.324 e. The highest BCUT2D eigenvalue weighted by Crippen LogP contribution is 2.28. The van der Waals surface area contributed by atoms with Crippen LogP contribution in [0, 0.1) is 5.92 Å². The molecule has 2 heteroatoms. The fraction of sp³-hybridized carbons (Fsp3) is 0.250. The zero-order valence-corrected chi connectivity index (χ0v) is 18.1. The molecule has 0 spiro atoms. The van der Waals surface area contributed by atoms with E-state index in [0.717, 1.165) is 24.3 Å². The van der Waals surface area contributed by atoms with E-state index in [1.54, 1.807) is 0 Å². The summed E-state index contributed by atoms with van der Waals surface area (Å²) in [6.45, 7) is 7.60. The number of hydrogen-bond donors (Lipinski definition) is 0. The fourth-order valence-electron chi connectivity index (χ4n) is 4.04. The highest BCUT2D eigenvalue weighted by molar-refractivity contribution is 5.76. The molecule has 0 aliphatic heterocycles. The van der Waals surface area contributed by atoms with Gasteiger partial charge in [-0.15, -0.1) is 0 Å². The van der Waals surface area contributed by atoms with Gasteiger partial charge in [-0.1, -0.05) is 99.7 Å². The molecule has 0 unspecified atom stereocenters. The number of imidazole rings is 1. The maximum absolute atomic E-state index is 5.01. The number of nitrogens with zero attached hydrogens (tertiary/aromatic N) is 2. The average Bonchev–Trinajstić information content (AvgIpc) is 3.13. The van der Waals surface area contributed by atoms with Crippen molar-refractivity contribution < 1.29 is 0 Å². The van der Waals surface area contributed by atoms with E-state index < -0.39 is 0 Å². The Morgan fingerprint density at radius 2 is 1.53 bits per heavy atom. The number of rotatable bonds is 7. The van der Waals surface area contributed by atoms with Crippen LogP contribution < -0.4 is 0 Å². The molecule has 4 rings (SSSR count). The van der Waals surface area contributed by atoms with Crippen molar-refractivity contribution in [3.05, 3.63) is 107 Å². The van der Waals surface area contributed by atoms with Crippen LogP contribution in [0.2, 0.25) is 0 Å². The van der Waals surface area contributed by atoms with Gasteiger partial charge in [0.2, 0.25) is 0 Å². The third-order valence-corrected chi connectivity index (χ3v) is 5.59. The van der Waals surface area contributed by atoms with Crippen LogP contribution in [0.15, 0.2) is 84.9 Å². The molecule has 4 aromatic rings. The van der Waals surface area contributed by atoms with Gasteiger partial charge in [0.15, 0.2) is 0 Å². The van der Waals surface area contributed by atoms with Gasteiger partial charge >= 0.3 is 0 Å². The summed E-state index contributed by atoms with van der Waals surface area (Å²) in [5.41, 5.74) is 6.18. The third kappa shape index (κ3) is 4.54. The highest BCUT2D eigenvalue weighted by Gasteiger charge is 2.17. The SMILES string of the molecule is CC(C)Cc1ccc([C@H](C)c2nc3ccccc3n2C/C=C\c2ccccc2)cc1. The van der Waals surface area contributed by atoms with Crippen LogP contribution in [0.4, 0.5) is 0 Å². The van der Waals surface area contributed by atoms with Gasteiger partial charge in [-0.05, 0) is 41.2 Å². The Morgan fingerprint density at radius 3 is 2.27 bits per heavy atom. The normalized spacial score (nSPS) is 12.8. The van der Waals surface area contributed by atoms with Gasteiger partial charge in [0, 0.05) is 12.5 Å². The van der Waals surface area contributed by atoms with Crippen LogP contribution >= 0.6 is 0 Å². The maximum atomic E-state index is 5.01. The summed E-state index contributed by atoms with van der Waals surface area (Å²) >= 11 is 0. The first-order valence-electron chi connectivity index (χ1n) is 10.9. The maximum Gasteiger partial charge on any atom is 0.117 e. The minimum Gasteiger partial charge on any atom is -0.324 e. The van der Waals surface area contributed by atoms with E-state index in [1.165, 1.54) is 22.2 Å². The first-order chi connectivity index (χ1) is 14.6. The summed E-state index contributed by atoms with van der Waals surface area (Å²) in [6, 6.07) is 28.0. The first-order valence-corrected chi connectivity index (χ1v) is 10.9. The molecule has 152 valence electrons. The Bertz CT molecular complexity index is 1120. The van der Waals surface area contributed by atoms with E-state index >= 15 is 0 Å². The Kier molecular flexibility index (Phi) is 6.13. The van der Waals surface area contributed by atoms with Crippen LogP contribution in [-0.4, -0.2) is 9.55 Å². The van der Waals surface area contributed by atoms with Gasteiger partial charge in [0.1, 0.15) is 5.82 Å². The highest BCUT2D eigenvalue weighted by atomic mass is 15.1. The molecule has 0 amide bonds. The lowest BCUT2D eigenvalue weighted by atomic mass is 9.96. The van der Waals surface area contributed by atoms with Gasteiger partial charge in [-0.25, -0.2) is 4.98 Å². The number of allylic oxidation sites excluding steroid dienone is 1. The minimum absolute atomic E-state index is 0.232. The van der Waals surface area contributed by atoms with E-state index in [-0.39, 0.29) is 5.92 Å². The second-order valence-electron chi connectivity index (χ2n) is 8.44. The van der Waals surface area contributed by atoms with Crippen molar-refractivity contribution in [3.8, 4) is 0 Å². The van der Waals surface area contributed by atoms with E-state index in [1.807, 2.05) is 6.07 Å². The molecule has 30 heavy (non-hydrogen) atoms. The first kappa shape index (κ1) is 20.2. The summed E-state index contributed by atoms with van der Waals surface area (Å²) in [4.78, 5) is 5.01. The Hall–Kier alpha value is -3.13. The van der Waals surface area contributed by atoms with Crippen molar-refractivity contribution in [2.24, 2.45) is 5.92 Å². The number of aromatic nitrogens is 2. The monoisotopic (exact) mass is 394 g/mol. The quantitative estimate of drug-likeness (QED) is 0.327. The number of para-hydroxylation sites is 2. The van der Waals surface area contributed by atoms with Gasteiger partial charge in [0.05, 0.1) is 11.0 Å². The third-order valence-electron chi connectivity index (χ3n) is 5.59. The van der Waals surface area contributed by atoms with Crippen LogP contribution in [0.5, 0.6) is 0 Å². The molecule has 2 nitrogen and oxygen atoms in total. The zero-order valence-electron chi connectivity index (χ0n) is 18.1. The number of benzene rings is 3. The molecule has 0 aliphatic rings. The molecule has 0 N–H and O–H groups in total. The van der Waals surface area contributed by atoms with Crippen molar-refractivity contribution in [2.45, 2.75) is 39.7 Å². The Labute approximate surface area is 179 Å². The molecule has 1 atom stereocenters. The molecule has 0 aliphatic carbocycles. The van der Waals surface area contributed by atoms with E-state index in [2.05, 4.69) is 110 Å². The summed E-state index contributed by atoms with van der Waals surface area (Å²) in [6.07, 6.45) is 5.53. The van der Waals surface area contributed by atoms with Crippen LogP contribution in [0.3, 0.4) is 0 Å². The van der Waals surface area contributed by atoms with Crippen molar-refractivity contribution in [3.63, 3.8) is 0 Å². The van der Waals surface area contributed by atoms with Gasteiger partial charge in [-0.2, -0.15) is 0 Å². The fourth-order valence-corrected chi connectivity index (χ4v) is 4.04.